The second-order valence-corrected chi connectivity index (χ2v) is 5.02. The molecule has 1 aromatic carbocycles. The minimum absolute atomic E-state index is 0.0601. The number of fused-ring (bicyclic) bond motifs is 1. The van der Waals surface area contributed by atoms with Crippen LogP contribution in [0.5, 0.6) is 0 Å². The van der Waals surface area contributed by atoms with Crippen LogP contribution in [0.1, 0.15) is 44.1 Å². The molecule has 0 saturated carbocycles. The van der Waals surface area contributed by atoms with Crippen molar-refractivity contribution in [2.24, 2.45) is 5.73 Å². The summed E-state index contributed by atoms with van der Waals surface area (Å²) in [6.45, 7) is 6.30. The third-order valence-corrected chi connectivity index (χ3v) is 3.38. The van der Waals surface area contributed by atoms with Crippen molar-refractivity contribution in [1.82, 2.24) is 9.97 Å². The second-order valence-electron chi connectivity index (χ2n) is 5.02. The highest BCUT2D eigenvalue weighted by molar-refractivity contribution is 5.76. The Bertz CT molecular complexity index is 533. The summed E-state index contributed by atoms with van der Waals surface area (Å²) in [5, 5.41) is 0. The summed E-state index contributed by atoms with van der Waals surface area (Å²) in [5.41, 5.74) is 9.38. The molecule has 0 saturated heterocycles. The quantitative estimate of drug-likeness (QED) is 0.873. The van der Waals surface area contributed by atoms with Gasteiger partial charge in [0.05, 0.1) is 23.2 Å². The number of aromatic amines is 1. The Kier molecular flexibility index (Phi) is 3.68. The van der Waals surface area contributed by atoms with Gasteiger partial charge in [-0.3, -0.25) is 0 Å². The topological polar surface area (TPSA) is 63.9 Å². The van der Waals surface area contributed by atoms with E-state index in [1.54, 1.807) is 7.11 Å². The molecule has 2 rings (SSSR count). The highest BCUT2D eigenvalue weighted by Gasteiger charge is 2.18. The Morgan fingerprint density at radius 2 is 2.00 bits per heavy atom. The molecule has 4 heteroatoms. The number of ether oxygens (including phenoxy) is 1. The van der Waals surface area contributed by atoms with Gasteiger partial charge in [-0.25, -0.2) is 4.98 Å². The molecule has 0 aliphatic heterocycles. The van der Waals surface area contributed by atoms with E-state index in [1.807, 2.05) is 13.0 Å². The number of benzene rings is 1. The lowest BCUT2D eigenvalue weighted by Gasteiger charge is -2.15. The van der Waals surface area contributed by atoms with Gasteiger partial charge in [0.1, 0.15) is 5.82 Å². The number of methoxy groups -OCH3 is 1. The molecule has 1 heterocycles. The zero-order valence-corrected chi connectivity index (χ0v) is 11.4. The molecule has 18 heavy (non-hydrogen) atoms. The van der Waals surface area contributed by atoms with Crippen molar-refractivity contribution < 1.29 is 4.74 Å². The van der Waals surface area contributed by atoms with Crippen LogP contribution in [0.2, 0.25) is 0 Å². The molecule has 1 aromatic heterocycles. The Labute approximate surface area is 108 Å². The SMILES string of the molecule is COC(C)C(N)c1nc2ccc(C(C)C)cc2[nH]1. The van der Waals surface area contributed by atoms with Crippen LogP contribution in [0.3, 0.4) is 0 Å². The summed E-state index contributed by atoms with van der Waals surface area (Å²) in [6.07, 6.45) is -0.0601. The van der Waals surface area contributed by atoms with Crippen LogP contribution < -0.4 is 5.73 Å². The molecule has 2 atom stereocenters. The molecule has 98 valence electrons. The van der Waals surface area contributed by atoms with Gasteiger partial charge in [0, 0.05) is 7.11 Å². The first-order chi connectivity index (χ1) is 8.52. The monoisotopic (exact) mass is 247 g/mol. The average molecular weight is 247 g/mol. The molecule has 0 spiro atoms. The summed E-state index contributed by atoms with van der Waals surface area (Å²) in [7, 11) is 1.66. The Morgan fingerprint density at radius 3 is 2.61 bits per heavy atom. The fraction of sp³-hybridized carbons (Fsp3) is 0.500. The van der Waals surface area contributed by atoms with Gasteiger partial charge in [0.15, 0.2) is 0 Å². The lowest BCUT2D eigenvalue weighted by atomic mass is 10.0. The number of hydrogen-bond donors (Lipinski definition) is 2. The molecule has 4 nitrogen and oxygen atoms in total. The molecule has 0 radical (unpaired) electrons. The van der Waals surface area contributed by atoms with Gasteiger partial charge in [-0.05, 0) is 30.5 Å². The minimum Gasteiger partial charge on any atom is -0.380 e. The van der Waals surface area contributed by atoms with Gasteiger partial charge in [0.25, 0.3) is 0 Å². The number of nitrogens with two attached hydrogens (primary N) is 1. The van der Waals surface area contributed by atoms with E-state index < -0.39 is 0 Å². The van der Waals surface area contributed by atoms with Gasteiger partial charge in [0.2, 0.25) is 0 Å². The fourth-order valence-corrected chi connectivity index (χ4v) is 1.93. The second kappa shape index (κ2) is 5.08. The zero-order valence-electron chi connectivity index (χ0n) is 11.4. The number of nitrogens with zero attached hydrogens (tertiary/aromatic N) is 1. The summed E-state index contributed by atoms with van der Waals surface area (Å²) >= 11 is 0. The number of rotatable bonds is 4. The molecule has 0 bridgehead atoms. The molecule has 3 N–H and O–H groups in total. The standard InChI is InChI=1S/C14H21N3O/c1-8(2)10-5-6-11-12(7-10)17-14(16-11)13(15)9(3)18-4/h5-9,13H,15H2,1-4H3,(H,16,17). The normalized spacial score (nSPS) is 15.2. The largest absolute Gasteiger partial charge is 0.380 e. The summed E-state index contributed by atoms with van der Waals surface area (Å²) in [5.74, 6) is 1.29. The van der Waals surface area contributed by atoms with Gasteiger partial charge < -0.3 is 15.5 Å². The molecule has 0 aliphatic carbocycles. The van der Waals surface area contributed by atoms with Crippen molar-refractivity contribution in [3.8, 4) is 0 Å². The van der Waals surface area contributed by atoms with Crippen molar-refractivity contribution >= 4 is 11.0 Å². The van der Waals surface area contributed by atoms with Crippen LogP contribution in [0.25, 0.3) is 11.0 Å². The van der Waals surface area contributed by atoms with Crippen LogP contribution in [-0.4, -0.2) is 23.2 Å². The molecule has 0 fully saturated rings. The van der Waals surface area contributed by atoms with E-state index in [0.717, 1.165) is 16.9 Å². The van der Waals surface area contributed by atoms with E-state index in [2.05, 4.69) is 35.9 Å². The highest BCUT2D eigenvalue weighted by Crippen LogP contribution is 2.22. The first-order valence-corrected chi connectivity index (χ1v) is 6.31. The van der Waals surface area contributed by atoms with E-state index >= 15 is 0 Å². The molecule has 0 amide bonds. The Hall–Kier alpha value is -1.39. The number of nitrogens with one attached hydrogen (secondary N) is 1. The van der Waals surface area contributed by atoms with E-state index in [1.165, 1.54) is 5.56 Å². The molecule has 2 aromatic rings. The summed E-state index contributed by atoms with van der Waals surface area (Å²) in [6, 6.07) is 6.06. The molecular formula is C14H21N3O. The van der Waals surface area contributed by atoms with Crippen LogP contribution in [0.4, 0.5) is 0 Å². The van der Waals surface area contributed by atoms with Crippen molar-refractivity contribution in [2.75, 3.05) is 7.11 Å². The Balaban J connectivity index is 2.38. The molecule has 2 unspecified atom stereocenters. The molecular weight excluding hydrogens is 226 g/mol. The third kappa shape index (κ3) is 2.40. The first kappa shape index (κ1) is 13.1. The van der Waals surface area contributed by atoms with E-state index in [0.29, 0.717) is 5.92 Å². The lowest BCUT2D eigenvalue weighted by molar-refractivity contribution is 0.0935. The van der Waals surface area contributed by atoms with Crippen LogP contribution in [-0.2, 0) is 4.74 Å². The van der Waals surface area contributed by atoms with Crippen molar-refractivity contribution in [2.45, 2.75) is 38.8 Å². The number of imidazole rings is 1. The van der Waals surface area contributed by atoms with E-state index in [4.69, 9.17) is 10.5 Å². The number of aromatic nitrogens is 2. The van der Waals surface area contributed by atoms with Crippen LogP contribution >= 0.6 is 0 Å². The zero-order chi connectivity index (χ0) is 13.3. The van der Waals surface area contributed by atoms with Gasteiger partial charge in [-0.2, -0.15) is 0 Å². The minimum atomic E-state index is -0.232. The van der Waals surface area contributed by atoms with Gasteiger partial charge in [-0.1, -0.05) is 19.9 Å². The maximum absolute atomic E-state index is 6.09. The first-order valence-electron chi connectivity index (χ1n) is 6.31. The van der Waals surface area contributed by atoms with Crippen LogP contribution in [0.15, 0.2) is 18.2 Å². The number of H-pyrrole nitrogens is 1. The summed E-state index contributed by atoms with van der Waals surface area (Å²) in [4.78, 5) is 7.81. The average Bonchev–Trinajstić information content (AvgIpc) is 2.79. The molecule has 0 aliphatic rings. The van der Waals surface area contributed by atoms with Crippen molar-refractivity contribution in [3.63, 3.8) is 0 Å². The summed E-state index contributed by atoms with van der Waals surface area (Å²) < 4.78 is 5.24. The van der Waals surface area contributed by atoms with E-state index in [9.17, 15) is 0 Å². The predicted molar refractivity (Wildman–Crippen MR) is 73.6 cm³/mol. The maximum Gasteiger partial charge on any atom is 0.126 e. The van der Waals surface area contributed by atoms with E-state index in [-0.39, 0.29) is 12.1 Å². The third-order valence-electron chi connectivity index (χ3n) is 3.38. The smallest absolute Gasteiger partial charge is 0.126 e. The lowest BCUT2D eigenvalue weighted by Crippen LogP contribution is -2.26. The van der Waals surface area contributed by atoms with Gasteiger partial charge in [-0.15, -0.1) is 0 Å². The maximum atomic E-state index is 6.09. The fourth-order valence-electron chi connectivity index (χ4n) is 1.93. The highest BCUT2D eigenvalue weighted by atomic mass is 16.5. The van der Waals surface area contributed by atoms with Gasteiger partial charge >= 0.3 is 0 Å². The van der Waals surface area contributed by atoms with Crippen molar-refractivity contribution in [1.29, 1.82) is 0 Å². The van der Waals surface area contributed by atoms with Crippen molar-refractivity contribution in [3.05, 3.63) is 29.6 Å². The Morgan fingerprint density at radius 1 is 1.28 bits per heavy atom. The van der Waals surface area contributed by atoms with Crippen LogP contribution in [0, 0.1) is 0 Å². The number of hydrogen-bond acceptors (Lipinski definition) is 3. The predicted octanol–water partition coefficient (Wildman–Crippen LogP) is 2.72.